The highest BCUT2D eigenvalue weighted by Gasteiger charge is 2.03. The molecule has 0 unspecified atom stereocenters. The van der Waals surface area contributed by atoms with Gasteiger partial charge in [0.05, 0.1) is 12.2 Å². The number of hydrogen-bond donors (Lipinski definition) is 1. The van der Waals surface area contributed by atoms with Crippen LogP contribution in [0, 0.1) is 6.92 Å². The summed E-state index contributed by atoms with van der Waals surface area (Å²) in [5, 5.41) is 7.48. The van der Waals surface area contributed by atoms with E-state index in [0.717, 1.165) is 22.7 Å². The summed E-state index contributed by atoms with van der Waals surface area (Å²) in [6.07, 6.45) is 4.81. The first-order valence-corrected chi connectivity index (χ1v) is 5.62. The zero-order valence-electron chi connectivity index (χ0n) is 9.91. The quantitative estimate of drug-likeness (QED) is 0.750. The van der Waals surface area contributed by atoms with Crippen LogP contribution in [-0.2, 0) is 6.54 Å². The molecule has 0 aliphatic heterocycles. The van der Waals surface area contributed by atoms with Crippen molar-refractivity contribution in [3.05, 3.63) is 48.3 Å². The van der Waals surface area contributed by atoms with Crippen LogP contribution in [0.5, 0.6) is 0 Å². The maximum Gasteiger partial charge on any atom is 0.157 e. The lowest BCUT2D eigenvalue weighted by atomic mass is 10.3. The van der Waals surface area contributed by atoms with Crippen molar-refractivity contribution in [1.82, 2.24) is 24.6 Å². The van der Waals surface area contributed by atoms with Crippen molar-refractivity contribution in [2.45, 2.75) is 13.5 Å². The van der Waals surface area contributed by atoms with E-state index >= 15 is 0 Å². The van der Waals surface area contributed by atoms with Gasteiger partial charge in [0.25, 0.3) is 0 Å². The normalized spacial score (nSPS) is 10.7. The van der Waals surface area contributed by atoms with E-state index in [4.69, 9.17) is 0 Å². The molecule has 6 nitrogen and oxygen atoms in total. The summed E-state index contributed by atoms with van der Waals surface area (Å²) >= 11 is 0. The highest BCUT2D eigenvalue weighted by atomic mass is 15.3. The summed E-state index contributed by atoms with van der Waals surface area (Å²) in [6, 6.07) is 5.90. The van der Waals surface area contributed by atoms with E-state index < -0.39 is 0 Å². The minimum absolute atomic E-state index is 0.626. The molecule has 0 aliphatic rings. The number of aryl methyl sites for hydroxylation is 1. The van der Waals surface area contributed by atoms with Gasteiger partial charge in [0.2, 0.25) is 0 Å². The van der Waals surface area contributed by atoms with Crippen molar-refractivity contribution < 1.29 is 0 Å². The van der Waals surface area contributed by atoms with Gasteiger partial charge in [-0.2, -0.15) is 9.61 Å². The standard InChI is InChI=1S/C12H12N6/c1-9-4-11(18-12(5-9)16-8-17-18)14-6-10-2-3-13-7-15-10/h2-5,7-8,14H,6H2,1H3. The van der Waals surface area contributed by atoms with E-state index in [1.807, 2.05) is 25.1 Å². The molecule has 0 saturated carbocycles. The summed E-state index contributed by atoms with van der Waals surface area (Å²) in [7, 11) is 0. The van der Waals surface area contributed by atoms with Gasteiger partial charge in [-0.05, 0) is 30.7 Å². The lowest BCUT2D eigenvalue weighted by Gasteiger charge is -2.08. The molecule has 0 bridgehead atoms. The second-order valence-corrected chi connectivity index (χ2v) is 4.00. The van der Waals surface area contributed by atoms with Crippen molar-refractivity contribution in [3.63, 3.8) is 0 Å². The molecule has 0 amide bonds. The Morgan fingerprint density at radius 2 is 2.17 bits per heavy atom. The van der Waals surface area contributed by atoms with Crippen LogP contribution in [0.15, 0.2) is 37.1 Å². The lowest BCUT2D eigenvalue weighted by molar-refractivity contribution is 0.925. The van der Waals surface area contributed by atoms with Gasteiger partial charge < -0.3 is 5.32 Å². The summed E-state index contributed by atoms with van der Waals surface area (Å²) < 4.78 is 1.77. The fraction of sp³-hybridized carbons (Fsp3) is 0.167. The van der Waals surface area contributed by atoms with Gasteiger partial charge in [0, 0.05) is 6.20 Å². The van der Waals surface area contributed by atoms with E-state index in [2.05, 4.69) is 25.4 Å². The van der Waals surface area contributed by atoms with Crippen LogP contribution in [0.4, 0.5) is 5.82 Å². The average molecular weight is 240 g/mol. The Bertz CT molecular complexity index is 661. The second kappa shape index (κ2) is 4.40. The smallest absolute Gasteiger partial charge is 0.157 e. The topological polar surface area (TPSA) is 68.0 Å². The lowest BCUT2D eigenvalue weighted by Crippen LogP contribution is -2.06. The maximum atomic E-state index is 4.18. The Hall–Kier alpha value is -2.50. The molecule has 3 aromatic heterocycles. The van der Waals surface area contributed by atoms with E-state index in [1.54, 1.807) is 17.0 Å². The Morgan fingerprint density at radius 1 is 1.22 bits per heavy atom. The molecule has 3 rings (SSSR count). The Kier molecular flexibility index (Phi) is 2.60. The van der Waals surface area contributed by atoms with Gasteiger partial charge in [-0.15, -0.1) is 0 Å². The second-order valence-electron chi connectivity index (χ2n) is 4.00. The summed E-state index contributed by atoms with van der Waals surface area (Å²) in [5.41, 5.74) is 2.90. The first-order chi connectivity index (χ1) is 8.83. The fourth-order valence-corrected chi connectivity index (χ4v) is 1.79. The molecular weight excluding hydrogens is 228 g/mol. The summed E-state index contributed by atoms with van der Waals surface area (Å²) in [6.45, 7) is 2.66. The first-order valence-electron chi connectivity index (χ1n) is 5.62. The monoisotopic (exact) mass is 240 g/mol. The van der Waals surface area contributed by atoms with Gasteiger partial charge in [0.1, 0.15) is 18.5 Å². The van der Waals surface area contributed by atoms with Crippen LogP contribution >= 0.6 is 0 Å². The molecule has 0 aromatic carbocycles. The molecule has 3 aromatic rings. The van der Waals surface area contributed by atoms with Crippen LogP contribution in [0.25, 0.3) is 5.65 Å². The van der Waals surface area contributed by atoms with E-state index in [1.165, 1.54) is 6.33 Å². The van der Waals surface area contributed by atoms with Gasteiger partial charge in [-0.1, -0.05) is 0 Å². The molecule has 6 heteroatoms. The predicted molar refractivity (Wildman–Crippen MR) is 67.1 cm³/mol. The van der Waals surface area contributed by atoms with Gasteiger partial charge in [0.15, 0.2) is 5.65 Å². The number of fused-ring (bicyclic) bond motifs is 1. The fourth-order valence-electron chi connectivity index (χ4n) is 1.79. The van der Waals surface area contributed by atoms with Gasteiger partial charge in [-0.3, -0.25) is 0 Å². The van der Waals surface area contributed by atoms with Gasteiger partial charge >= 0.3 is 0 Å². The zero-order valence-corrected chi connectivity index (χ0v) is 9.91. The molecule has 0 spiro atoms. The number of rotatable bonds is 3. The number of nitrogens with one attached hydrogen (secondary N) is 1. The molecule has 1 N–H and O–H groups in total. The van der Waals surface area contributed by atoms with Crippen LogP contribution < -0.4 is 5.32 Å². The summed E-state index contributed by atoms with van der Waals surface area (Å²) in [4.78, 5) is 12.2. The predicted octanol–water partition coefficient (Wildman–Crippen LogP) is 1.44. The summed E-state index contributed by atoms with van der Waals surface area (Å²) in [5.74, 6) is 0.904. The molecule has 18 heavy (non-hydrogen) atoms. The van der Waals surface area contributed by atoms with Crippen molar-refractivity contribution in [2.75, 3.05) is 5.32 Å². The Morgan fingerprint density at radius 3 is 3.00 bits per heavy atom. The number of pyridine rings is 1. The molecule has 0 fully saturated rings. The van der Waals surface area contributed by atoms with Crippen LogP contribution in [0.2, 0.25) is 0 Å². The molecule has 0 aliphatic carbocycles. The Balaban J connectivity index is 1.88. The third kappa shape index (κ3) is 2.00. The minimum Gasteiger partial charge on any atom is -0.364 e. The van der Waals surface area contributed by atoms with Crippen molar-refractivity contribution in [2.24, 2.45) is 0 Å². The molecule has 0 radical (unpaired) electrons. The van der Waals surface area contributed by atoms with Crippen LogP contribution in [0.3, 0.4) is 0 Å². The maximum absolute atomic E-state index is 4.18. The third-order valence-corrected chi connectivity index (χ3v) is 2.62. The van der Waals surface area contributed by atoms with Crippen LogP contribution in [0.1, 0.15) is 11.3 Å². The number of aromatic nitrogens is 5. The highest BCUT2D eigenvalue weighted by molar-refractivity contribution is 5.51. The van der Waals surface area contributed by atoms with E-state index in [9.17, 15) is 0 Å². The number of hydrogen-bond acceptors (Lipinski definition) is 5. The molecular formula is C12H12N6. The minimum atomic E-state index is 0.626. The Labute approximate surface area is 104 Å². The van der Waals surface area contributed by atoms with E-state index in [-0.39, 0.29) is 0 Å². The van der Waals surface area contributed by atoms with Crippen LogP contribution in [-0.4, -0.2) is 24.6 Å². The molecule has 0 saturated heterocycles. The van der Waals surface area contributed by atoms with Crippen molar-refractivity contribution in [3.8, 4) is 0 Å². The van der Waals surface area contributed by atoms with Gasteiger partial charge in [-0.25, -0.2) is 15.0 Å². The van der Waals surface area contributed by atoms with Crippen molar-refractivity contribution in [1.29, 1.82) is 0 Å². The molecule has 90 valence electrons. The third-order valence-electron chi connectivity index (χ3n) is 2.62. The zero-order chi connectivity index (χ0) is 12.4. The number of nitrogens with zero attached hydrogens (tertiary/aromatic N) is 5. The van der Waals surface area contributed by atoms with Crippen molar-refractivity contribution >= 4 is 11.5 Å². The number of anilines is 1. The first kappa shape index (κ1) is 10.6. The molecule has 0 atom stereocenters. The SMILES string of the molecule is Cc1cc(NCc2ccncn2)n2ncnc2c1. The highest BCUT2D eigenvalue weighted by Crippen LogP contribution is 2.13. The van der Waals surface area contributed by atoms with E-state index in [0.29, 0.717) is 6.54 Å². The largest absolute Gasteiger partial charge is 0.364 e. The average Bonchev–Trinajstić information content (AvgIpc) is 2.85. The molecule has 3 heterocycles.